The molecule has 3 rings (SSSR count). The Bertz CT molecular complexity index is 917. The molecule has 1 aromatic carbocycles. The number of amides is 1. The molecule has 0 saturated carbocycles. The zero-order valence-corrected chi connectivity index (χ0v) is 15.4. The zero-order valence-electron chi connectivity index (χ0n) is 13.8. The number of halogens is 1. The number of hydrogen-bond donors (Lipinski definition) is 1. The number of rotatable bonds is 4. The smallest absolute Gasteiger partial charge is 0.291 e. The molecule has 1 amide bonds. The number of aromatic nitrogens is 3. The largest absolute Gasteiger partial charge is 0.318 e. The Morgan fingerprint density at radius 1 is 1.24 bits per heavy atom. The average molecular weight is 398 g/mol. The maximum Gasteiger partial charge on any atom is 0.291 e. The lowest BCUT2D eigenvalue weighted by atomic mass is 10.2. The summed E-state index contributed by atoms with van der Waals surface area (Å²) in [5.74, 6) is -0.397. The van der Waals surface area contributed by atoms with Crippen LogP contribution in [0, 0.1) is 13.8 Å². The second-order valence-corrected chi connectivity index (χ2v) is 6.34. The second kappa shape index (κ2) is 7.40. The van der Waals surface area contributed by atoms with E-state index in [1.807, 2.05) is 44.2 Å². The van der Waals surface area contributed by atoms with Crippen molar-refractivity contribution in [3.63, 3.8) is 0 Å². The Morgan fingerprint density at radius 3 is 2.68 bits per heavy atom. The summed E-state index contributed by atoms with van der Waals surface area (Å²) in [6.45, 7) is 4.05. The van der Waals surface area contributed by atoms with Gasteiger partial charge in [0.05, 0.1) is 12.4 Å². The molecule has 7 heteroatoms. The van der Waals surface area contributed by atoms with E-state index in [1.165, 1.54) is 18.6 Å². The molecule has 0 spiro atoms. The van der Waals surface area contributed by atoms with E-state index in [2.05, 4.69) is 41.0 Å². The van der Waals surface area contributed by atoms with Crippen molar-refractivity contribution in [2.45, 2.75) is 13.8 Å². The topological polar surface area (TPSA) is 72.2 Å². The molecule has 0 fully saturated rings. The Balaban J connectivity index is 1.79. The average Bonchev–Trinajstić information content (AvgIpc) is 2.90. The first-order chi connectivity index (χ1) is 12.1. The summed E-state index contributed by atoms with van der Waals surface area (Å²) < 4.78 is 3.17. The summed E-state index contributed by atoms with van der Waals surface area (Å²) in [5, 5.41) is 4.03. The van der Waals surface area contributed by atoms with Gasteiger partial charge in [-0.1, -0.05) is 15.9 Å². The van der Waals surface area contributed by atoms with Gasteiger partial charge in [-0.3, -0.25) is 9.78 Å². The number of benzene rings is 1. The lowest BCUT2D eigenvalue weighted by Crippen LogP contribution is -2.19. The van der Waals surface area contributed by atoms with Crippen LogP contribution in [-0.4, -0.2) is 26.7 Å². The van der Waals surface area contributed by atoms with E-state index in [1.54, 1.807) is 6.21 Å². The van der Waals surface area contributed by atoms with Crippen molar-refractivity contribution < 1.29 is 4.79 Å². The molecular formula is C18H16BrN5O. The third-order valence-corrected chi connectivity index (χ3v) is 4.25. The van der Waals surface area contributed by atoms with Gasteiger partial charge in [0, 0.05) is 39.5 Å². The van der Waals surface area contributed by atoms with Gasteiger partial charge in [0.1, 0.15) is 5.69 Å². The Hall–Kier alpha value is -2.80. The molecule has 0 unspecified atom stereocenters. The van der Waals surface area contributed by atoms with E-state index in [9.17, 15) is 4.79 Å². The van der Waals surface area contributed by atoms with Gasteiger partial charge in [0.15, 0.2) is 0 Å². The van der Waals surface area contributed by atoms with Crippen LogP contribution >= 0.6 is 15.9 Å². The first-order valence-electron chi connectivity index (χ1n) is 7.60. The fourth-order valence-electron chi connectivity index (χ4n) is 2.54. The van der Waals surface area contributed by atoms with Gasteiger partial charge in [0.25, 0.3) is 5.91 Å². The molecule has 126 valence electrons. The number of nitrogens with zero attached hydrogens (tertiary/aromatic N) is 4. The van der Waals surface area contributed by atoms with E-state index in [0.717, 1.165) is 27.1 Å². The number of hydrogen-bond acceptors (Lipinski definition) is 4. The van der Waals surface area contributed by atoms with Gasteiger partial charge in [0.2, 0.25) is 0 Å². The van der Waals surface area contributed by atoms with Crippen molar-refractivity contribution in [1.29, 1.82) is 0 Å². The maximum absolute atomic E-state index is 11.9. The van der Waals surface area contributed by atoms with Crippen molar-refractivity contribution in [1.82, 2.24) is 20.0 Å². The lowest BCUT2D eigenvalue weighted by Gasteiger charge is -2.09. The summed E-state index contributed by atoms with van der Waals surface area (Å²) >= 11 is 3.45. The minimum atomic E-state index is -0.397. The van der Waals surface area contributed by atoms with Crippen LogP contribution in [0.2, 0.25) is 0 Å². The molecular weight excluding hydrogens is 382 g/mol. The number of aryl methyl sites for hydroxylation is 1. The van der Waals surface area contributed by atoms with E-state index in [4.69, 9.17) is 0 Å². The zero-order chi connectivity index (χ0) is 17.8. The second-order valence-electron chi connectivity index (χ2n) is 5.43. The quantitative estimate of drug-likeness (QED) is 0.541. The van der Waals surface area contributed by atoms with Crippen molar-refractivity contribution in [3.05, 3.63) is 76.0 Å². The standard InChI is InChI=1S/C18H16BrN5O/c1-12-9-14(10-22-23-18(25)17-11-20-7-8-21-17)13(2)24(12)16-5-3-15(19)4-6-16/h3-11H,1-2H3,(H,23,25)/b22-10-. The Morgan fingerprint density at radius 2 is 2.00 bits per heavy atom. The molecule has 0 atom stereocenters. The molecule has 0 radical (unpaired) electrons. The summed E-state index contributed by atoms with van der Waals surface area (Å²) in [6, 6.07) is 10.1. The van der Waals surface area contributed by atoms with Crippen molar-refractivity contribution in [3.8, 4) is 5.69 Å². The monoisotopic (exact) mass is 397 g/mol. The third-order valence-electron chi connectivity index (χ3n) is 3.72. The number of nitrogens with one attached hydrogen (secondary N) is 1. The highest BCUT2D eigenvalue weighted by Gasteiger charge is 2.10. The summed E-state index contributed by atoms with van der Waals surface area (Å²) in [5.41, 5.74) is 6.81. The molecule has 0 saturated heterocycles. The summed E-state index contributed by atoms with van der Waals surface area (Å²) in [6.07, 6.45) is 6.00. The van der Waals surface area contributed by atoms with Gasteiger partial charge in [-0.25, -0.2) is 10.4 Å². The lowest BCUT2D eigenvalue weighted by molar-refractivity contribution is 0.0949. The van der Waals surface area contributed by atoms with E-state index in [-0.39, 0.29) is 5.69 Å². The fourth-order valence-corrected chi connectivity index (χ4v) is 2.80. The molecule has 2 heterocycles. The van der Waals surface area contributed by atoms with Crippen molar-refractivity contribution in [2.75, 3.05) is 0 Å². The van der Waals surface area contributed by atoms with Crippen LogP contribution in [0.1, 0.15) is 27.4 Å². The SMILES string of the molecule is Cc1cc(/C=N\NC(=O)c2cnccn2)c(C)n1-c1ccc(Br)cc1. The van der Waals surface area contributed by atoms with Crippen LogP contribution in [-0.2, 0) is 0 Å². The first-order valence-corrected chi connectivity index (χ1v) is 8.40. The van der Waals surface area contributed by atoms with Gasteiger partial charge in [-0.2, -0.15) is 5.10 Å². The van der Waals surface area contributed by atoms with Crippen LogP contribution < -0.4 is 5.43 Å². The van der Waals surface area contributed by atoms with Gasteiger partial charge in [-0.15, -0.1) is 0 Å². The molecule has 2 aromatic heterocycles. The van der Waals surface area contributed by atoms with E-state index in [0.29, 0.717) is 0 Å². The Labute approximate surface area is 153 Å². The Kier molecular flexibility index (Phi) is 5.04. The van der Waals surface area contributed by atoms with Crippen molar-refractivity contribution in [2.24, 2.45) is 5.10 Å². The summed E-state index contributed by atoms with van der Waals surface area (Å²) in [4.78, 5) is 19.7. The highest BCUT2D eigenvalue weighted by Crippen LogP contribution is 2.21. The molecule has 0 aliphatic carbocycles. The molecule has 0 bridgehead atoms. The van der Waals surface area contributed by atoms with Gasteiger partial charge in [-0.05, 0) is 44.2 Å². The molecule has 0 aliphatic rings. The van der Waals surface area contributed by atoms with Gasteiger partial charge >= 0.3 is 0 Å². The van der Waals surface area contributed by atoms with Crippen LogP contribution in [0.5, 0.6) is 0 Å². The maximum atomic E-state index is 11.9. The van der Waals surface area contributed by atoms with Crippen LogP contribution in [0.3, 0.4) is 0 Å². The number of hydrazone groups is 1. The van der Waals surface area contributed by atoms with E-state index >= 15 is 0 Å². The van der Waals surface area contributed by atoms with Crippen LogP contribution in [0.25, 0.3) is 5.69 Å². The predicted molar refractivity (Wildman–Crippen MR) is 100 cm³/mol. The molecule has 25 heavy (non-hydrogen) atoms. The fraction of sp³-hybridized carbons (Fsp3) is 0.111. The molecule has 1 N–H and O–H groups in total. The summed E-state index contributed by atoms with van der Waals surface area (Å²) in [7, 11) is 0. The third kappa shape index (κ3) is 3.83. The highest BCUT2D eigenvalue weighted by atomic mass is 79.9. The predicted octanol–water partition coefficient (Wildman–Crippen LogP) is 3.41. The molecule has 6 nitrogen and oxygen atoms in total. The van der Waals surface area contributed by atoms with E-state index < -0.39 is 5.91 Å². The van der Waals surface area contributed by atoms with Crippen LogP contribution in [0.4, 0.5) is 0 Å². The van der Waals surface area contributed by atoms with Gasteiger partial charge < -0.3 is 4.57 Å². The van der Waals surface area contributed by atoms with Crippen molar-refractivity contribution >= 4 is 28.1 Å². The first kappa shape index (κ1) is 17.0. The number of carbonyl (C=O) groups is 1. The highest BCUT2D eigenvalue weighted by molar-refractivity contribution is 9.10. The molecule has 0 aliphatic heterocycles. The van der Waals surface area contributed by atoms with Crippen LogP contribution in [0.15, 0.2) is 58.5 Å². The normalized spacial score (nSPS) is 11.0. The minimum Gasteiger partial charge on any atom is -0.318 e. The number of carbonyl (C=O) groups excluding carboxylic acids is 1. The molecule has 3 aromatic rings. The minimum absolute atomic E-state index is 0.222.